The molecule has 0 bridgehead atoms. The molecular formula is C13H23F2N. The van der Waals surface area contributed by atoms with E-state index >= 15 is 0 Å². The van der Waals surface area contributed by atoms with Crippen LogP contribution in [0.25, 0.3) is 0 Å². The lowest BCUT2D eigenvalue weighted by Gasteiger charge is -2.32. The van der Waals surface area contributed by atoms with Gasteiger partial charge in [-0.2, -0.15) is 0 Å². The second-order valence-electron chi connectivity index (χ2n) is 6.08. The Morgan fingerprint density at radius 1 is 1.31 bits per heavy atom. The van der Waals surface area contributed by atoms with E-state index in [-0.39, 0.29) is 6.42 Å². The largest absolute Gasteiger partial charge is 0.297 e. The molecule has 0 N–H and O–H groups in total. The molecule has 3 atom stereocenters. The molecule has 1 aliphatic heterocycles. The average molecular weight is 231 g/mol. The minimum absolute atomic E-state index is 0.121. The standard InChI is InChI=1S/C13H23F2N/c1-5-10(4)11-6-12(7-13(12,14)15)8-16(11)9(2)3/h9-11H,5-8H2,1-4H3/t10?,11-,12?/m0/s1. The van der Waals surface area contributed by atoms with Crippen LogP contribution >= 0.6 is 0 Å². The molecule has 2 fully saturated rings. The first-order chi connectivity index (χ1) is 7.33. The van der Waals surface area contributed by atoms with Gasteiger partial charge in [0, 0.05) is 25.0 Å². The highest BCUT2D eigenvalue weighted by Gasteiger charge is 2.74. The fraction of sp³-hybridized carbons (Fsp3) is 1.00. The Morgan fingerprint density at radius 3 is 2.25 bits per heavy atom. The van der Waals surface area contributed by atoms with Gasteiger partial charge in [-0.1, -0.05) is 20.3 Å². The molecule has 0 radical (unpaired) electrons. The first-order valence-corrected chi connectivity index (χ1v) is 6.46. The van der Waals surface area contributed by atoms with Crippen molar-refractivity contribution in [2.45, 2.75) is 65.0 Å². The smallest absolute Gasteiger partial charge is 0.255 e. The lowest BCUT2D eigenvalue weighted by molar-refractivity contribution is 0.0648. The maximum Gasteiger partial charge on any atom is 0.255 e. The highest BCUT2D eigenvalue weighted by Crippen LogP contribution is 2.67. The summed E-state index contributed by atoms with van der Waals surface area (Å²) in [5.74, 6) is -1.86. The average Bonchev–Trinajstić information content (AvgIpc) is 2.59. The molecule has 1 saturated carbocycles. The van der Waals surface area contributed by atoms with E-state index in [1.165, 1.54) is 0 Å². The molecule has 1 nitrogen and oxygen atoms in total. The zero-order valence-electron chi connectivity index (χ0n) is 10.8. The monoisotopic (exact) mass is 231 g/mol. The van der Waals surface area contributed by atoms with Crippen molar-refractivity contribution in [3.05, 3.63) is 0 Å². The van der Waals surface area contributed by atoms with E-state index in [1.54, 1.807) is 0 Å². The van der Waals surface area contributed by atoms with Crippen LogP contribution < -0.4 is 0 Å². The van der Waals surface area contributed by atoms with Crippen molar-refractivity contribution in [2.75, 3.05) is 6.54 Å². The number of alkyl halides is 2. The number of hydrogen-bond acceptors (Lipinski definition) is 1. The van der Waals surface area contributed by atoms with Gasteiger partial charge in [0.1, 0.15) is 0 Å². The highest BCUT2D eigenvalue weighted by molar-refractivity contribution is 5.17. The molecule has 3 heteroatoms. The summed E-state index contributed by atoms with van der Waals surface area (Å²) in [6.07, 6.45) is 1.90. The Morgan fingerprint density at radius 2 is 1.88 bits per heavy atom. The number of nitrogens with zero attached hydrogens (tertiary/aromatic N) is 1. The minimum Gasteiger partial charge on any atom is -0.297 e. The quantitative estimate of drug-likeness (QED) is 0.718. The Kier molecular flexibility index (Phi) is 2.81. The zero-order chi connectivity index (χ0) is 12.1. The summed E-state index contributed by atoms with van der Waals surface area (Å²) >= 11 is 0. The lowest BCUT2D eigenvalue weighted by atomic mass is 9.92. The first-order valence-electron chi connectivity index (χ1n) is 6.46. The van der Waals surface area contributed by atoms with Crippen LogP contribution in [0.2, 0.25) is 0 Å². The summed E-state index contributed by atoms with van der Waals surface area (Å²) in [4.78, 5) is 2.30. The van der Waals surface area contributed by atoms with Gasteiger partial charge in [0.05, 0.1) is 5.41 Å². The van der Waals surface area contributed by atoms with Crippen LogP contribution in [-0.2, 0) is 0 Å². The molecule has 0 aromatic carbocycles. The first kappa shape index (κ1) is 12.3. The van der Waals surface area contributed by atoms with Crippen molar-refractivity contribution in [3.8, 4) is 0 Å². The molecule has 94 valence electrons. The summed E-state index contributed by atoms with van der Waals surface area (Å²) in [6, 6.07) is 0.744. The van der Waals surface area contributed by atoms with Gasteiger partial charge in [-0.05, 0) is 26.2 Å². The third kappa shape index (κ3) is 1.68. The van der Waals surface area contributed by atoms with Crippen molar-refractivity contribution in [1.82, 2.24) is 4.90 Å². The Bertz CT molecular complexity index is 277. The fourth-order valence-electron chi connectivity index (χ4n) is 3.19. The van der Waals surface area contributed by atoms with Crippen LogP contribution in [0.3, 0.4) is 0 Å². The molecule has 2 rings (SSSR count). The van der Waals surface area contributed by atoms with Crippen molar-refractivity contribution in [2.24, 2.45) is 11.3 Å². The normalized spacial score (nSPS) is 39.6. The Labute approximate surface area is 97.2 Å². The van der Waals surface area contributed by atoms with Crippen LogP contribution in [0.15, 0.2) is 0 Å². The van der Waals surface area contributed by atoms with Gasteiger partial charge in [-0.15, -0.1) is 0 Å². The van der Waals surface area contributed by atoms with Crippen LogP contribution in [0.4, 0.5) is 8.78 Å². The molecule has 0 aromatic heterocycles. The van der Waals surface area contributed by atoms with Crippen LogP contribution in [0.5, 0.6) is 0 Å². The summed E-state index contributed by atoms with van der Waals surface area (Å²) in [5.41, 5.74) is -0.661. The summed E-state index contributed by atoms with van der Waals surface area (Å²) in [5, 5.41) is 0. The van der Waals surface area contributed by atoms with E-state index < -0.39 is 11.3 Å². The van der Waals surface area contributed by atoms with E-state index in [0.29, 0.717) is 31.0 Å². The van der Waals surface area contributed by atoms with E-state index in [0.717, 1.165) is 6.42 Å². The number of hydrogen-bond donors (Lipinski definition) is 0. The van der Waals surface area contributed by atoms with Gasteiger partial charge < -0.3 is 0 Å². The number of rotatable bonds is 3. The van der Waals surface area contributed by atoms with E-state index in [1.807, 2.05) is 0 Å². The number of likely N-dealkylation sites (tertiary alicyclic amines) is 1. The predicted molar refractivity (Wildman–Crippen MR) is 61.7 cm³/mol. The second kappa shape index (κ2) is 3.66. The molecule has 0 amide bonds. The van der Waals surface area contributed by atoms with Gasteiger partial charge in [0.2, 0.25) is 0 Å². The molecule has 16 heavy (non-hydrogen) atoms. The SMILES string of the molecule is CCC(C)[C@@H]1CC2(CN1C(C)C)CC2(F)F. The second-order valence-corrected chi connectivity index (χ2v) is 6.08. The topological polar surface area (TPSA) is 3.24 Å². The zero-order valence-corrected chi connectivity index (χ0v) is 10.8. The van der Waals surface area contributed by atoms with Gasteiger partial charge in [-0.25, -0.2) is 8.78 Å². The maximum atomic E-state index is 13.4. The molecule has 1 heterocycles. The predicted octanol–water partition coefficient (Wildman–Crippen LogP) is 3.54. The number of halogens is 2. The van der Waals surface area contributed by atoms with Crippen molar-refractivity contribution in [1.29, 1.82) is 0 Å². The fourth-order valence-corrected chi connectivity index (χ4v) is 3.19. The van der Waals surface area contributed by atoms with Gasteiger partial charge in [0.15, 0.2) is 0 Å². The van der Waals surface area contributed by atoms with Crippen LogP contribution in [-0.4, -0.2) is 29.5 Å². The molecular weight excluding hydrogens is 208 g/mol. The van der Waals surface area contributed by atoms with E-state index in [2.05, 4.69) is 32.6 Å². The summed E-state index contributed by atoms with van der Waals surface area (Å²) in [7, 11) is 0. The molecule has 0 aromatic rings. The molecule has 1 spiro atoms. The Hall–Kier alpha value is -0.180. The maximum absolute atomic E-state index is 13.4. The van der Waals surface area contributed by atoms with Gasteiger partial charge in [-0.3, -0.25) is 4.90 Å². The van der Waals surface area contributed by atoms with E-state index in [4.69, 9.17) is 0 Å². The van der Waals surface area contributed by atoms with Crippen LogP contribution in [0.1, 0.15) is 47.0 Å². The molecule has 2 aliphatic rings. The van der Waals surface area contributed by atoms with E-state index in [9.17, 15) is 8.78 Å². The highest BCUT2D eigenvalue weighted by atomic mass is 19.3. The van der Waals surface area contributed by atoms with Crippen molar-refractivity contribution >= 4 is 0 Å². The molecule has 1 saturated heterocycles. The summed E-state index contributed by atoms with van der Waals surface area (Å²) < 4.78 is 26.9. The van der Waals surface area contributed by atoms with Crippen molar-refractivity contribution in [3.63, 3.8) is 0 Å². The third-order valence-corrected chi connectivity index (χ3v) is 4.69. The molecule has 1 aliphatic carbocycles. The van der Waals surface area contributed by atoms with Crippen LogP contribution in [0, 0.1) is 11.3 Å². The van der Waals surface area contributed by atoms with Gasteiger partial charge >= 0.3 is 0 Å². The lowest BCUT2D eigenvalue weighted by Crippen LogP contribution is -2.39. The molecule has 2 unspecified atom stereocenters. The summed E-state index contributed by atoms with van der Waals surface area (Å²) in [6.45, 7) is 9.19. The van der Waals surface area contributed by atoms with Crippen molar-refractivity contribution < 1.29 is 8.78 Å². The Balaban J connectivity index is 2.13. The minimum atomic E-state index is -2.39. The van der Waals surface area contributed by atoms with Gasteiger partial charge in [0.25, 0.3) is 5.92 Å². The third-order valence-electron chi connectivity index (χ3n) is 4.69.